The Morgan fingerprint density at radius 2 is 1.81 bits per heavy atom. The molecule has 2 aromatic heterocycles. The monoisotopic (exact) mass is 452 g/mol. The predicted octanol–water partition coefficient (Wildman–Crippen LogP) is 6.38. The van der Waals surface area contributed by atoms with Gasteiger partial charge in [-0.1, -0.05) is 0 Å². The van der Waals surface area contributed by atoms with Gasteiger partial charge < -0.3 is 14.1 Å². The molecule has 0 saturated heterocycles. The zero-order valence-electron chi connectivity index (χ0n) is 16.8. The summed E-state index contributed by atoms with van der Waals surface area (Å²) in [5.41, 5.74) is 1.11. The largest absolute Gasteiger partial charge is 0.451 e. The minimum atomic E-state index is -1.17. The number of aromatic nitrogens is 1. The molecule has 1 aliphatic rings. The SMILES string of the molecule is [C-]#[N+]C1(c2ccc(Oc3c(F)cc(F)cc3F)c(-c3cn(C)c(=O)c4sccc34)c2)CC1. The number of halogens is 3. The predicted molar refractivity (Wildman–Crippen MR) is 116 cm³/mol. The standard InChI is InChI=1S/C24H15F3N2O2S/c1-28-24(6-7-24)13-3-4-20(31-21-18(26)10-14(25)11-19(21)27)16(9-13)17-12-29(2)23(30)22-15(17)5-8-32-22/h3-5,8-12H,6-7H2,2H3. The summed E-state index contributed by atoms with van der Waals surface area (Å²) in [7, 11) is 1.62. The molecule has 32 heavy (non-hydrogen) atoms. The lowest BCUT2D eigenvalue weighted by Crippen LogP contribution is -2.15. The van der Waals surface area contributed by atoms with Gasteiger partial charge in [-0.05, 0) is 29.6 Å². The van der Waals surface area contributed by atoms with E-state index in [1.54, 1.807) is 42.9 Å². The van der Waals surface area contributed by atoms with Crippen LogP contribution in [0.2, 0.25) is 0 Å². The number of hydrogen-bond acceptors (Lipinski definition) is 3. The van der Waals surface area contributed by atoms with Gasteiger partial charge in [-0.3, -0.25) is 4.79 Å². The fourth-order valence-electron chi connectivity index (χ4n) is 3.82. The maximum atomic E-state index is 14.3. The summed E-state index contributed by atoms with van der Waals surface area (Å²) >= 11 is 1.30. The zero-order chi connectivity index (χ0) is 22.6. The third kappa shape index (κ3) is 3.17. The normalized spacial score (nSPS) is 14.3. The van der Waals surface area contributed by atoms with Gasteiger partial charge in [-0.2, -0.15) is 0 Å². The molecule has 1 saturated carbocycles. The Labute approximate surface area is 184 Å². The van der Waals surface area contributed by atoms with Gasteiger partial charge in [0.2, 0.25) is 0 Å². The third-order valence-electron chi connectivity index (χ3n) is 5.71. The van der Waals surface area contributed by atoms with E-state index in [0.717, 1.165) is 18.4 Å². The molecule has 2 heterocycles. The molecule has 0 atom stereocenters. The van der Waals surface area contributed by atoms with Gasteiger partial charge in [0.25, 0.3) is 11.1 Å². The summed E-state index contributed by atoms with van der Waals surface area (Å²) in [6.07, 6.45) is 3.08. The van der Waals surface area contributed by atoms with Gasteiger partial charge in [0.05, 0.1) is 0 Å². The quantitative estimate of drug-likeness (QED) is 0.337. The fraction of sp³-hybridized carbons (Fsp3) is 0.167. The molecule has 4 nitrogen and oxygen atoms in total. The number of thiophene rings is 1. The van der Waals surface area contributed by atoms with Crippen LogP contribution in [0.4, 0.5) is 13.2 Å². The Morgan fingerprint density at radius 3 is 2.47 bits per heavy atom. The van der Waals surface area contributed by atoms with E-state index in [9.17, 15) is 18.0 Å². The van der Waals surface area contributed by atoms with Crippen molar-refractivity contribution in [3.8, 4) is 22.6 Å². The van der Waals surface area contributed by atoms with Crippen molar-refractivity contribution in [2.75, 3.05) is 0 Å². The van der Waals surface area contributed by atoms with Gasteiger partial charge in [0.15, 0.2) is 17.4 Å². The van der Waals surface area contributed by atoms with Gasteiger partial charge in [0.1, 0.15) is 16.3 Å². The van der Waals surface area contributed by atoms with Crippen LogP contribution in [0.3, 0.4) is 0 Å². The molecule has 0 unspecified atom stereocenters. The van der Waals surface area contributed by atoms with Crippen molar-refractivity contribution >= 4 is 21.4 Å². The van der Waals surface area contributed by atoms with E-state index in [1.165, 1.54) is 15.9 Å². The molecule has 8 heteroatoms. The van der Waals surface area contributed by atoms with Crippen LogP contribution in [0.15, 0.2) is 52.8 Å². The number of rotatable bonds is 4. The molecule has 1 aliphatic carbocycles. The number of aryl methyl sites for hydroxylation is 1. The van der Waals surface area contributed by atoms with Crippen LogP contribution in [-0.2, 0) is 12.6 Å². The van der Waals surface area contributed by atoms with E-state index < -0.39 is 28.7 Å². The minimum absolute atomic E-state index is 0.130. The fourth-order valence-corrected chi connectivity index (χ4v) is 4.71. The lowest BCUT2D eigenvalue weighted by molar-refractivity contribution is 0.402. The Morgan fingerprint density at radius 1 is 1.09 bits per heavy atom. The average Bonchev–Trinajstić information content (AvgIpc) is 3.41. The van der Waals surface area contributed by atoms with E-state index in [0.29, 0.717) is 33.3 Å². The lowest BCUT2D eigenvalue weighted by atomic mass is 9.96. The Balaban J connectivity index is 1.75. The number of benzene rings is 2. The first-order valence-corrected chi connectivity index (χ1v) is 10.6. The minimum Gasteiger partial charge on any atom is -0.451 e. The summed E-state index contributed by atoms with van der Waals surface area (Å²) in [4.78, 5) is 16.3. The Hall–Kier alpha value is -3.57. The summed E-state index contributed by atoms with van der Waals surface area (Å²) in [6.45, 7) is 7.57. The van der Waals surface area contributed by atoms with E-state index in [-0.39, 0.29) is 11.3 Å². The van der Waals surface area contributed by atoms with E-state index >= 15 is 0 Å². The summed E-state index contributed by atoms with van der Waals surface area (Å²) in [5.74, 6) is -3.98. The zero-order valence-corrected chi connectivity index (χ0v) is 17.6. The smallest absolute Gasteiger partial charge is 0.268 e. The number of pyridine rings is 1. The summed E-state index contributed by atoms with van der Waals surface area (Å²) in [6, 6.07) is 7.93. The molecule has 4 aromatic rings. The number of fused-ring (bicyclic) bond motifs is 1. The number of hydrogen-bond donors (Lipinski definition) is 0. The van der Waals surface area contributed by atoms with Crippen molar-refractivity contribution in [1.29, 1.82) is 0 Å². The van der Waals surface area contributed by atoms with Crippen LogP contribution in [0.1, 0.15) is 18.4 Å². The first-order valence-electron chi connectivity index (χ1n) is 9.76. The maximum Gasteiger partial charge on any atom is 0.268 e. The van der Waals surface area contributed by atoms with Crippen molar-refractivity contribution in [3.63, 3.8) is 0 Å². The van der Waals surface area contributed by atoms with Crippen LogP contribution in [0.25, 0.3) is 26.1 Å². The Kier molecular flexibility index (Phi) is 4.60. The second-order valence-corrected chi connectivity index (χ2v) is 8.69. The average molecular weight is 452 g/mol. The molecular formula is C24H15F3N2O2S. The molecule has 0 bridgehead atoms. The van der Waals surface area contributed by atoms with Crippen molar-refractivity contribution in [2.45, 2.75) is 18.4 Å². The molecule has 0 spiro atoms. The molecule has 0 radical (unpaired) electrons. The molecule has 0 aliphatic heterocycles. The van der Waals surface area contributed by atoms with Crippen molar-refractivity contribution in [1.82, 2.24) is 4.57 Å². The maximum absolute atomic E-state index is 14.3. The van der Waals surface area contributed by atoms with Gasteiger partial charge in [-0.15, -0.1) is 11.3 Å². The second kappa shape index (κ2) is 7.24. The number of ether oxygens (including phenoxy) is 1. The highest BCUT2D eigenvalue weighted by Gasteiger charge is 2.52. The highest BCUT2D eigenvalue weighted by molar-refractivity contribution is 7.17. The molecule has 2 aromatic carbocycles. The van der Waals surface area contributed by atoms with E-state index in [1.807, 2.05) is 0 Å². The van der Waals surface area contributed by atoms with Crippen LogP contribution in [0, 0.1) is 24.0 Å². The highest BCUT2D eigenvalue weighted by atomic mass is 32.1. The summed E-state index contributed by atoms with van der Waals surface area (Å²) < 4.78 is 49.5. The van der Waals surface area contributed by atoms with Crippen molar-refractivity contribution in [2.24, 2.45) is 7.05 Å². The highest BCUT2D eigenvalue weighted by Crippen LogP contribution is 2.51. The molecule has 0 amide bonds. The third-order valence-corrected chi connectivity index (χ3v) is 6.61. The number of nitrogens with zero attached hydrogens (tertiary/aromatic N) is 2. The van der Waals surface area contributed by atoms with Gasteiger partial charge in [0, 0.05) is 60.3 Å². The molecule has 1 fully saturated rings. The lowest BCUT2D eigenvalue weighted by Gasteiger charge is -2.16. The van der Waals surface area contributed by atoms with E-state index in [2.05, 4.69) is 4.85 Å². The molecule has 160 valence electrons. The topological polar surface area (TPSA) is 35.6 Å². The Bertz CT molecular complexity index is 1470. The second-order valence-electron chi connectivity index (χ2n) is 7.78. The van der Waals surface area contributed by atoms with Crippen LogP contribution in [-0.4, -0.2) is 4.57 Å². The molecule has 5 rings (SSSR count). The molecular weight excluding hydrogens is 437 g/mol. The van der Waals surface area contributed by atoms with Crippen molar-refractivity contribution < 1.29 is 17.9 Å². The molecule has 0 N–H and O–H groups in total. The van der Waals surface area contributed by atoms with Gasteiger partial charge in [-0.25, -0.2) is 19.7 Å². The van der Waals surface area contributed by atoms with Crippen molar-refractivity contribution in [3.05, 3.63) is 92.8 Å². The van der Waals surface area contributed by atoms with Gasteiger partial charge >= 0.3 is 0 Å². The van der Waals surface area contributed by atoms with Crippen LogP contribution < -0.4 is 10.3 Å². The first-order chi connectivity index (χ1) is 15.3. The summed E-state index contributed by atoms with van der Waals surface area (Å²) in [5, 5.41) is 2.47. The first kappa shape index (κ1) is 20.3. The van der Waals surface area contributed by atoms with Crippen LogP contribution >= 0.6 is 11.3 Å². The van der Waals surface area contributed by atoms with Crippen LogP contribution in [0.5, 0.6) is 11.5 Å². The van der Waals surface area contributed by atoms with E-state index in [4.69, 9.17) is 11.3 Å².